The third-order valence-electron chi connectivity index (χ3n) is 12.4. The summed E-state index contributed by atoms with van der Waals surface area (Å²) in [6.45, 7) is 6.64. The van der Waals surface area contributed by atoms with E-state index in [-0.39, 0.29) is 31.1 Å². The highest BCUT2D eigenvalue weighted by Gasteiger charge is 2.19. The van der Waals surface area contributed by atoms with Crippen LogP contribution in [0.15, 0.2) is 24.3 Å². The molecule has 0 aliphatic rings. The second kappa shape index (κ2) is 52.5. The monoisotopic (exact) mass is 887 g/mol. The molecule has 63 heavy (non-hydrogen) atoms. The van der Waals surface area contributed by atoms with E-state index >= 15 is 0 Å². The number of hydrogen-bond acceptors (Lipinski definition) is 6. The van der Waals surface area contributed by atoms with Gasteiger partial charge < -0.3 is 14.2 Å². The maximum absolute atomic E-state index is 12.8. The molecule has 0 aromatic heterocycles. The Labute approximate surface area is 392 Å². The van der Waals surface area contributed by atoms with Gasteiger partial charge in [-0.15, -0.1) is 0 Å². The van der Waals surface area contributed by atoms with E-state index in [1.165, 1.54) is 199 Å². The Morgan fingerprint density at radius 2 is 0.524 bits per heavy atom. The molecule has 0 rings (SSSR count). The first-order valence-electron chi connectivity index (χ1n) is 27.8. The lowest BCUT2D eigenvalue weighted by Crippen LogP contribution is -2.30. The van der Waals surface area contributed by atoms with Gasteiger partial charge in [-0.1, -0.05) is 238 Å². The Morgan fingerprint density at radius 1 is 0.302 bits per heavy atom. The molecule has 6 heteroatoms. The van der Waals surface area contributed by atoms with Gasteiger partial charge in [0.05, 0.1) is 0 Å². The van der Waals surface area contributed by atoms with Crippen LogP contribution >= 0.6 is 0 Å². The van der Waals surface area contributed by atoms with Gasteiger partial charge in [0.1, 0.15) is 13.2 Å². The molecule has 0 N–H and O–H groups in total. The van der Waals surface area contributed by atoms with Gasteiger partial charge in [-0.2, -0.15) is 0 Å². The summed E-state index contributed by atoms with van der Waals surface area (Å²) in [7, 11) is 0. The molecule has 0 saturated carbocycles. The van der Waals surface area contributed by atoms with Crippen molar-refractivity contribution in [3.63, 3.8) is 0 Å². The lowest BCUT2D eigenvalue weighted by Gasteiger charge is -2.18. The van der Waals surface area contributed by atoms with E-state index in [0.717, 1.165) is 64.2 Å². The van der Waals surface area contributed by atoms with Gasteiger partial charge in [0.15, 0.2) is 6.10 Å². The summed E-state index contributed by atoms with van der Waals surface area (Å²) in [6.07, 6.45) is 60.2. The molecule has 0 heterocycles. The van der Waals surface area contributed by atoms with Crippen LogP contribution in [0.4, 0.5) is 0 Å². The van der Waals surface area contributed by atoms with Crippen LogP contribution in [0, 0.1) is 0 Å². The minimum atomic E-state index is -0.771. The van der Waals surface area contributed by atoms with Crippen molar-refractivity contribution in [3.8, 4) is 0 Å². The Balaban J connectivity index is 4.34. The molecule has 0 aliphatic heterocycles. The lowest BCUT2D eigenvalue weighted by molar-refractivity contribution is -0.167. The van der Waals surface area contributed by atoms with Crippen LogP contribution in [0.5, 0.6) is 0 Å². The Kier molecular flexibility index (Phi) is 50.8. The molecule has 0 aromatic carbocycles. The average Bonchev–Trinajstić information content (AvgIpc) is 3.28. The van der Waals surface area contributed by atoms with Crippen LogP contribution in [-0.4, -0.2) is 37.2 Å². The zero-order valence-electron chi connectivity index (χ0n) is 42.4. The van der Waals surface area contributed by atoms with Crippen LogP contribution in [0.1, 0.15) is 303 Å². The number of hydrogen-bond donors (Lipinski definition) is 0. The van der Waals surface area contributed by atoms with Crippen molar-refractivity contribution in [1.82, 2.24) is 0 Å². The van der Waals surface area contributed by atoms with Crippen molar-refractivity contribution in [2.75, 3.05) is 13.2 Å². The van der Waals surface area contributed by atoms with Crippen molar-refractivity contribution < 1.29 is 28.6 Å². The fraction of sp³-hybridized carbons (Fsp3) is 0.877. The van der Waals surface area contributed by atoms with Crippen LogP contribution in [0.3, 0.4) is 0 Å². The fourth-order valence-corrected chi connectivity index (χ4v) is 8.20. The molecule has 0 aliphatic carbocycles. The Hall–Kier alpha value is -2.11. The van der Waals surface area contributed by atoms with Gasteiger partial charge in [0.25, 0.3) is 0 Å². The molecule has 0 bridgehead atoms. The van der Waals surface area contributed by atoms with Gasteiger partial charge in [-0.05, 0) is 70.6 Å². The molecule has 0 unspecified atom stereocenters. The van der Waals surface area contributed by atoms with Gasteiger partial charge in [0.2, 0.25) is 0 Å². The van der Waals surface area contributed by atoms with Gasteiger partial charge in [-0.3, -0.25) is 14.4 Å². The first-order chi connectivity index (χ1) is 31.0. The standard InChI is InChI=1S/C57H106O6/c1-4-7-10-13-16-19-22-25-27-28-30-33-36-39-42-45-48-51-57(60)63-54(52-61-55(58)49-46-43-40-37-34-31-24-21-18-15-12-9-6-3)53-62-56(59)50-47-44-41-38-35-32-29-26-23-20-17-14-11-8-5-2/h20-21,23-24,54H,4-19,22,25-53H2,1-3H3/b23-20-,24-21-/t54-/m0/s1. The van der Waals surface area contributed by atoms with Gasteiger partial charge >= 0.3 is 17.9 Å². The minimum absolute atomic E-state index is 0.0721. The number of carbonyl (C=O) groups excluding carboxylic acids is 3. The van der Waals surface area contributed by atoms with E-state index < -0.39 is 6.10 Å². The second-order valence-corrected chi connectivity index (χ2v) is 18.8. The number of allylic oxidation sites excluding steroid dienone is 4. The average molecular weight is 887 g/mol. The predicted octanol–water partition coefficient (Wildman–Crippen LogP) is 18.3. The second-order valence-electron chi connectivity index (χ2n) is 18.8. The molecule has 1 atom stereocenters. The highest BCUT2D eigenvalue weighted by Crippen LogP contribution is 2.16. The highest BCUT2D eigenvalue weighted by molar-refractivity contribution is 5.71. The van der Waals surface area contributed by atoms with E-state index in [9.17, 15) is 14.4 Å². The normalized spacial score (nSPS) is 12.1. The number of ether oxygens (including phenoxy) is 3. The van der Waals surface area contributed by atoms with Crippen molar-refractivity contribution in [2.24, 2.45) is 0 Å². The van der Waals surface area contributed by atoms with Crippen molar-refractivity contribution >= 4 is 17.9 Å². The molecule has 0 fully saturated rings. The topological polar surface area (TPSA) is 78.9 Å². The molecular weight excluding hydrogens is 781 g/mol. The van der Waals surface area contributed by atoms with Gasteiger partial charge in [-0.25, -0.2) is 0 Å². The highest BCUT2D eigenvalue weighted by atomic mass is 16.6. The van der Waals surface area contributed by atoms with Crippen LogP contribution in [-0.2, 0) is 28.6 Å². The van der Waals surface area contributed by atoms with Crippen LogP contribution in [0.2, 0.25) is 0 Å². The zero-order valence-corrected chi connectivity index (χ0v) is 42.4. The van der Waals surface area contributed by atoms with Gasteiger partial charge in [0, 0.05) is 19.3 Å². The van der Waals surface area contributed by atoms with Crippen LogP contribution in [0.25, 0.3) is 0 Å². The maximum Gasteiger partial charge on any atom is 0.306 e. The molecule has 370 valence electrons. The molecular formula is C57H106O6. The molecule has 0 amide bonds. The predicted molar refractivity (Wildman–Crippen MR) is 270 cm³/mol. The van der Waals surface area contributed by atoms with Crippen molar-refractivity contribution in [1.29, 1.82) is 0 Å². The summed E-state index contributed by atoms with van der Waals surface area (Å²) in [5.41, 5.74) is 0. The first-order valence-corrected chi connectivity index (χ1v) is 27.8. The van der Waals surface area contributed by atoms with Crippen molar-refractivity contribution in [2.45, 2.75) is 309 Å². The molecule has 0 saturated heterocycles. The third kappa shape index (κ3) is 50.7. The number of carbonyl (C=O) groups is 3. The summed E-state index contributed by atoms with van der Waals surface area (Å²) < 4.78 is 16.8. The number of esters is 3. The molecule has 0 radical (unpaired) electrons. The number of unbranched alkanes of at least 4 members (excludes halogenated alkanes) is 36. The third-order valence-corrected chi connectivity index (χ3v) is 12.4. The van der Waals surface area contributed by atoms with Crippen LogP contribution < -0.4 is 0 Å². The summed E-state index contributed by atoms with van der Waals surface area (Å²) in [5.74, 6) is -0.867. The molecule has 6 nitrogen and oxygen atoms in total. The first kappa shape index (κ1) is 60.9. The maximum atomic E-state index is 12.8. The van der Waals surface area contributed by atoms with E-state index in [1.54, 1.807) is 0 Å². The van der Waals surface area contributed by atoms with E-state index in [4.69, 9.17) is 14.2 Å². The SMILES string of the molecule is CCCCCC/C=C\CCCCCCCCCC(=O)OC[C@H](COC(=O)CCCCCCC/C=C\CCCCCC)OC(=O)CCCCCCCCCCCCCCCCCCC. The van der Waals surface area contributed by atoms with E-state index in [2.05, 4.69) is 45.1 Å². The minimum Gasteiger partial charge on any atom is -0.462 e. The smallest absolute Gasteiger partial charge is 0.306 e. The summed E-state index contributed by atoms with van der Waals surface area (Å²) in [6, 6.07) is 0. The largest absolute Gasteiger partial charge is 0.462 e. The van der Waals surface area contributed by atoms with E-state index in [0.29, 0.717) is 19.3 Å². The summed E-state index contributed by atoms with van der Waals surface area (Å²) in [5, 5.41) is 0. The Morgan fingerprint density at radius 3 is 0.810 bits per heavy atom. The van der Waals surface area contributed by atoms with Crippen molar-refractivity contribution in [3.05, 3.63) is 24.3 Å². The number of rotatable bonds is 51. The summed E-state index contributed by atoms with van der Waals surface area (Å²) >= 11 is 0. The summed E-state index contributed by atoms with van der Waals surface area (Å²) in [4.78, 5) is 38.1. The quantitative estimate of drug-likeness (QED) is 0.0262. The lowest BCUT2D eigenvalue weighted by atomic mass is 10.0. The Bertz CT molecular complexity index is 1020. The molecule has 0 spiro atoms. The van der Waals surface area contributed by atoms with E-state index in [1.807, 2.05) is 0 Å². The fourth-order valence-electron chi connectivity index (χ4n) is 8.20. The molecule has 0 aromatic rings. The zero-order chi connectivity index (χ0) is 45.8.